The summed E-state index contributed by atoms with van der Waals surface area (Å²) in [5, 5.41) is 0. The quantitative estimate of drug-likeness (QED) is 0.804. The maximum atomic E-state index is 11.9. The minimum absolute atomic E-state index is 0.257. The van der Waals surface area contributed by atoms with Gasteiger partial charge in [0.15, 0.2) is 0 Å². The smallest absolute Gasteiger partial charge is 0.376 e. The summed E-state index contributed by atoms with van der Waals surface area (Å²) in [6.07, 6.45) is 2.11. The van der Waals surface area contributed by atoms with Crippen LogP contribution in [0.4, 0.5) is 0 Å². The lowest BCUT2D eigenvalue weighted by Crippen LogP contribution is -2.05. The summed E-state index contributed by atoms with van der Waals surface area (Å²) in [4.78, 5) is 21.4. The third-order valence-electron chi connectivity index (χ3n) is 3.02. The predicted octanol–water partition coefficient (Wildman–Crippen LogP) is 3.16. The van der Waals surface area contributed by atoms with Crippen LogP contribution in [0.3, 0.4) is 0 Å². The van der Waals surface area contributed by atoms with E-state index in [2.05, 4.69) is 9.97 Å². The zero-order valence-corrected chi connectivity index (χ0v) is 11.6. The van der Waals surface area contributed by atoms with Gasteiger partial charge in [0.25, 0.3) is 0 Å². The normalized spacial score (nSPS) is 14.6. The van der Waals surface area contributed by atoms with Crippen LogP contribution in [0.15, 0.2) is 9.93 Å². The number of carbonyl (C=O) groups excluding carboxylic acids is 1. The van der Waals surface area contributed by atoms with E-state index in [-0.39, 0.29) is 5.76 Å². The fourth-order valence-electron chi connectivity index (χ4n) is 1.91. The van der Waals surface area contributed by atoms with E-state index in [1.54, 1.807) is 12.4 Å². The van der Waals surface area contributed by atoms with E-state index in [1.807, 2.05) is 6.92 Å². The van der Waals surface area contributed by atoms with Gasteiger partial charge in [0.1, 0.15) is 4.88 Å². The molecule has 19 heavy (non-hydrogen) atoms. The molecule has 1 fully saturated rings. The lowest BCUT2D eigenvalue weighted by Gasteiger charge is -1.98. The van der Waals surface area contributed by atoms with Gasteiger partial charge in [-0.15, -0.1) is 11.3 Å². The number of nitrogens with zero attached hydrogens (tertiary/aromatic N) is 2. The lowest BCUT2D eigenvalue weighted by atomic mass is 10.2. The molecule has 2 aromatic heterocycles. The van der Waals surface area contributed by atoms with Gasteiger partial charge in [-0.1, -0.05) is 0 Å². The molecule has 1 aliphatic rings. The van der Waals surface area contributed by atoms with Crippen molar-refractivity contribution in [3.8, 4) is 10.8 Å². The molecule has 100 valence electrons. The summed E-state index contributed by atoms with van der Waals surface area (Å²) in [5.74, 6) is 0.646. The molecule has 0 bridgehead atoms. The van der Waals surface area contributed by atoms with Crippen molar-refractivity contribution < 1.29 is 13.9 Å². The number of rotatable bonds is 4. The van der Waals surface area contributed by atoms with Crippen molar-refractivity contribution in [1.29, 1.82) is 0 Å². The van der Waals surface area contributed by atoms with Crippen molar-refractivity contribution in [1.82, 2.24) is 9.97 Å². The van der Waals surface area contributed by atoms with Crippen molar-refractivity contribution in [3.05, 3.63) is 22.7 Å². The monoisotopic (exact) mass is 278 g/mol. The molecule has 2 aromatic rings. The molecule has 0 spiro atoms. The molecule has 0 N–H and O–H groups in total. The van der Waals surface area contributed by atoms with Gasteiger partial charge in [0.05, 0.1) is 23.5 Å². The van der Waals surface area contributed by atoms with Gasteiger partial charge in [0, 0.05) is 5.92 Å². The highest BCUT2D eigenvalue weighted by atomic mass is 32.1. The molecule has 0 radical (unpaired) electrons. The molecule has 0 unspecified atom stereocenters. The SMILES string of the molecule is CCOC(=O)c1oc(-c2scnc2C)nc1C1CC1. The number of hydrogen-bond donors (Lipinski definition) is 0. The van der Waals surface area contributed by atoms with E-state index in [0.29, 0.717) is 18.4 Å². The Bertz CT molecular complexity index is 613. The molecule has 6 heteroatoms. The Morgan fingerprint density at radius 1 is 1.58 bits per heavy atom. The molecule has 0 aromatic carbocycles. The highest BCUT2D eigenvalue weighted by Crippen LogP contribution is 2.43. The molecule has 1 aliphatic carbocycles. The van der Waals surface area contributed by atoms with E-state index in [9.17, 15) is 4.79 Å². The Morgan fingerprint density at radius 3 is 2.95 bits per heavy atom. The number of thiazole rings is 1. The van der Waals surface area contributed by atoms with Gasteiger partial charge < -0.3 is 9.15 Å². The topological polar surface area (TPSA) is 65.2 Å². The minimum Gasteiger partial charge on any atom is -0.460 e. The van der Waals surface area contributed by atoms with Crippen LogP contribution in [0.2, 0.25) is 0 Å². The van der Waals surface area contributed by atoms with Gasteiger partial charge in [0.2, 0.25) is 11.7 Å². The van der Waals surface area contributed by atoms with Crippen molar-refractivity contribution >= 4 is 17.3 Å². The van der Waals surface area contributed by atoms with Crippen molar-refractivity contribution in [3.63, 3.8) is 0 Å². The third-order valence-corrected chi connectivity index (χ3v) is 3.93. The zero-order chi connectivity index (χ0) is 13.4. The number of ether oxygens (including phenoxy) is 1. The summed E-state index contributed by atoms with van der Waals surface area (Å²) in [7, 11) is 0. The summed E-state index contributed by atoms with van der Waals surface area (Å²) in [6, 6.07) is 0. The van der Waals surface area contributed by atoms with Gasteiger partial charge in [-0.3, -0.25) is 0 Å². The maximum absolute atomic E-state index is 11.9. The molecule has 1 saturated carbocycles. The molecule has 0 amide bonds. The van der Waals surface area contributed by atoms with Crippen LogP contribution >= 0.6 is 11.3 Å². The van der Waals surface area contributed by atoms with E-state index in [4.69, 9.17) is 9.15 Å². The summed E-state index contributed by atoms with van der Waals surface area (Å²) >= 11 is 1.46. The Hall–Kier alpha value is -1.69. The van der Waals surface area contributed by atoms with Crippen LogP contribution in [-0.2, 0) is 4.74 Å². The molecule has 0 saturated heterocycles. The third kappa shape index (κ3) is 2.28. The standard InChI is InChI=1S/C13H14N2O3S/c1-3-17-13(16)10-9(8-4-5-8)15-12(18-10)11-7(2)14-6-19-11/h6,8H,3-5H2,1-2H3. The van der Waals surface area contributed by atoms with Crippen molar-refractivity contribution in [2.24, 2.45) is 0 Å². The highest BCUT2D eigenvalue weighted by Gasteiger charge is 2.34. The average molecular weight is 278 g/mol. The molecule has 2 heterocycles. The Balaban J connectivity index is 2.01. The first kappa shape index (κ1) is 12.3. The van der Waals surface area contributed by atoms with Crippen LogP contribution in [0.5, 0.6) is 0 Å². The number of esters is 1. The van der Waals surface area contributed by atoms with Crippen LogP contribution in [0.25, 0.3) is 10.8 Å². The summed E-state index contributed by atoms with van der Waals surface area (Å²) < 4.78 is 10.7. The van der Waals surface area contributed by atoms with Crippen LogP contribution in [0, 0.1) is 6.92 Å². The second-order valence-electron chi connectivity index (χ2n) is 4.50. The van der Waals surface area contributed by atoms with Gasteiger partial charge in [-0.25, -0.2) is 14.8 Å². The number of oxazole rings is 1. The second-order valence-corrected chi connectivity index (χ2v) is 5.35. The first-order valence-electron chi connectivity index (χ1n) is 6.29. The van der Waals surface area contributed by atoms with Gasteiger partial charge >= 0.3 is 5.97 Å². The van der Waals surface area contributed by atoms with Crippen molar-refractivity contribution in [2.45, 2.75) is 32.6 Å². The number of carbonyl (C=O) groups is 1. The fraction of sp³-hybridized carbons (Fsp3) is 0.462. The van der Waals surface area contributed by atoms with Crippen LogP contribution < -0.4 is 0 Å². The second kappa shape index (κ2) is 4.77. The van der Waals surface area contributed by atoms with E-state index in [1.165, 1.54) is 11.3 Å². The number of aromatic nitrogens is 2. The highest BCUT2D eigenvalue weighted by molar-refractivity contribution is 7.13. The number of aryl methyl sites for hydroxylation is 1. The first-order valence-corrected chi connectivity index (χ1v) is 7.17. The van der Waals surface area contributed by atoms with Gasteiger partial charge in [-0.05, 0) is 26.7 Å². The molecule has 5 nitrogen and oxygen atoms in total. The maximum Gasteiger partial charge on any atom is 0.376 e. The average Bonchev–Trinajstić information content (AvgIpc) is 2.99. The van der Waals surface area contributed by atoms with Crippen LogP contribution in [0.1, 0.15) is 47.6 Å². The van der Waals surface area contributed by atoms with Crippen LogP contribution in [-0.4, -0.2) is 22.5 Å². The predicted molar refractivity (Wildman–Crippen MR) is 70.3 cm³/mol. The zero-order valence-electron chi connectivity index (χ0n) is 10.8. The lowest BCUT2D eigenvalue weighted by molar-refractivity contribution is 0.0489. The Kier molecular flexibility index (Phi) is 3.10. The summed E-state index contributed by atoms with van der Waals surface area (Å²) in [6.45, 7) is 4.01. The molecular weight excluding hydrogens is 264 g/mol. The molecular formula is C13H14N2O3S. The van der Waals surface area contributed by atoms with E-state index >= 15 is 0 Å². The number of hydrogen-bond acceptors (Lipinski definition) is 6. The summed E-state index contributed by atoms with van der Waals surface area (Å²) in [5.41, 5.74) is 3.35. The van der Waals surface area contributed by atoms with Crippen molar-refractivity contribution in [2.75, 3.05) is 6.61 Å². The molecule has 0 aliphatic heterocycles. The molecule has 0 atom stereocenters. The largest absolute Gasteiger partial charge is 0.460 e. The molecule has 3 rings (SSSR count). The fourth-order valence-corrected chi connectivity index (χ4v) is 2.64. The van der Waals surface area contributed by atoms with E-state index < -0.39 is 5.97 Å². The van der Waals surface area contributed by atoms with Gasteiger partial charge in [-0.2, -0.15) is 0 Å². The minimum atomic E-state index is -0.426. The first-order chi connectivity index (χ1) is 9.20. The Labute approximate surface area is 114 Å². The Morgan fingerprint density at radius 2 is 2.37 bits per heavy atom. The van der Waals surface area contributed by atoms with E-state index in [0.717, 1.165) is 29.1 Å².